The summed E-state index contributed by atoms with van der Waals surface area (Å²) in [4.78, 5) is 23.3. The molecule has 0 aliphatic carbocycles. The number of rotatable bonds is 9. The van der Waals surface area contributed by atoms with E-state index in [1.54, 1.807) is 30.3 Å². The van der Waals surface area contributed by atoms with Crippen LogP contribution in [0.2, 0.25) is 0 Å². The first-order chi connectivity index (χ1) is 13.3. The highest BCUT2D eigenvalue weighted by atomic mass is 32.2. The molecule has 7 nitrogen and oxygen atoms in total. The zero-order valence-corrected chi connectivity index (χ0v) is 16.1. The number of benzene rings is 2. The highest BCUT2D eigenvalue weighted by molar-refractivity contribution is 7.89. The van der Waals surface area contributed by atoms with E-state index >= 15 is 0 Å². The van der Waals surface area contributed by atoms with E-state index in [2.05, 4.69) is 10.0 Å². The summed E-state index contributed by atoms with van der Waals surface area (Å²) in [5, 5.41) is 2.50. The quantitative estimate of drug-likeness (QED) is 0.610. The number of hydrogen-bond donors (Lipinski definition) is 2. The molecule has 0 aliphatic rings. The van der Waals surface area contributed by atoms with Gasteiger partial charge in [0.2, 0.25) is 10.0 Å². The molecular formula is C19H21FN2O5S. The molecule has 2 aromatic carbocycles. The smallest absolute Gasteiger partial charge is 0.321 e. The van der Waals surface area contributed by atoms with Crippen molar-refractivity contribution in [3.63, 3.8) is 0 Å². The Morgan fingerprint density at radius 1 is 1.07 bits per heavy atom. The van der Waals surface area contributed by atoms with Gasteiger partial charge in [0.1, 0.15) is 12.4 Å². The minimum atomic E-state index is -3.85. The van der Waals surface area contributed by atoms with Gasteiger partial charge in [-0.1, -0.05) is 35.9 Å². The van der Waals surface area contributed by atoms with Gasteiger partial charge >= 0.3 is 5.97 Å². The van der Waals surface area contributed by atoms with Gasteiger partial charge in [0.05, 0.1) is 4.90 Å². The normalized spacial score (nSPS) is 11.1. The number of carbonyl (C=O) groups is 2. The van der Waals surface area contributed by atoms with Crippen molar-refractivity contribution in [1.82, 2.24) is 10.0 Å². The lowest BCUT2D eigenvalue weighted by atomic mass is 10.1. The molecule has 0 saturated heterocycles. The minimum Gasteiger partial charge on any atom is -0.455 e. The van der Waals surface area contributed by atoms with Crippen LogP contribution in [-0.2, 0) is 30.8 Å². The van der Waals surface area contributed by atoms with Crippen LogP contribution in [0.4, 0.5) is 4.39 Å². The van der Waals surface area contributed by atoms with E-state index in [4.69, 9.17) is 4.74 Å². The number of carbonyl (C=O) groups excluding carboxylic acids is 2. The largest absolute Gasteiger partial charge is 0.455 e. The molecule has 0 saturated carbocycles. The van der Waals surface area contributed by atoms with Gasteiger partial charge in [0.15, 0.2) is 6.61 Å². The van der Waals surface area contributed by atoms with Gasteiger partial charge in [-0.2, -0.15) is 4.72 Å². The number of hydrogen-bond acceptors (Lipinski definition) is 5. The molecule has 0 atom stereocenters. The van der Waals surface area contributed by atoms with Gasteiger partial charge in [0, 0.05) is 6.54 Å². The van der Waals surface area contributed by atoms with E-state index in [1.165, 1.54) is 18.2 Å². The molecule has 2 N–H and O–H groups in total. The fourth-order valence-electron chi connectivity index (χ4n) is 2.24. The van der Waals surface area contributed by atoms with Crippen molar-refractivity contribution in [3.8, 4) is 0 Å². The molecule has 2 aromatic rings. The third kappa shape index (κ3) is 6.75. The van der Waals surface area contributed by atoms with Gasteiger partial charge in [0.25, 0.3) is 5.91 Å². The second kappa shape index (κ2) is 9.95. The molecule has 28 heavy (non-hydrogen) atoms. The lowest BCUT2D eigenvalue weighted by molar-refractivity contribution is -0.147. The summed E-state index contributed by atoms with van der Waals surface area (Å²) in [6.45, 7) is 0.848. The maximum absolute atomic E-state index is 13.5. The number of sulfonamides is 1. The maximum atomic E-state index is 13.5. The summed E-state index contributed by atoms with van der Waals surface area (Å²) in [6.07, 6.45) is 0.294. The van der Waals surface area contributed by atoms with Gasteiger partial charge in [-0.05, 0) is 37.1 Å². The number of aryl methyl sites for hydroxylation is 1. The van der Waals surface area contributed by atoms with E-state index in [9.17, 15) is 22.4 Å². The molecule has 0 heterocycles. The molecule has 2 rings (SSSR count). The molecule has 0 spiro atoms. The van der Waals surface area contributed by atoms with Crippen molar-refractivity contribution < 1.29 is 27.1 Å². The first-order valence-electron chi connectivity index (χ1n) is 8.50. The highest BCUT2D eigenvalue weighted by Gasteiger charge is 2.16. The second-order valence-electron chi connectivity index (χ2n) is 5.99. The molecule has 0 bridgehead atoms. The number of nitrogens with one attached hydrogen (secondary N) is 2. The van der Waals surface area contributed by atoms with Crippen LogP contribution < -0.4 is 10.0 Å². The number of halogens is 1. The molecule has 1 amide bonds. The van der Waals surface area contributed by atoms with Crippen molar-refractivity contribution in [3.05, 3.63) is 65.5 Å². The third-order valence-electron chi connectivity index (χ3n) is 3.78. The predicted octanol–water partition coefficient (Wildman–Crippen LogP) is 1.31. The van der Waals surface area contributed by atoms with Crippen LogP contribution in [0.25, 0.3) is 0 Å². The summed E-state index contributed by atoms with van der Waals surface area (Å²) in [5.74, 6) is -1.81. The Balaban J connectivity index is 1.69. The van der Waals surface area contributed by atoms with E-state index in [1.807, 2.05) is 6.92 Å². The van der Waals surface area contributed by atoms with E-state index < -0.39 is 35.1 Å². The van der Waals surface area contributed by atoms with Crippen LogP contribution in [0.5, 0.6) is 0 Å². The van der Waals surface area contributed by atoms with Crippen LogP contribution in [0, 0.1) is 12.7 Å². The maximum Gasteiger partial charge on any atom is 0.321 e. The summed E-state index contributed by atoms with van der Waals surface area (Å²) >= 11 is 0. The third-order valence-corrected chi connectivity index (χ3v) is 5.19. The minimum absolute atomic E-state index is 0.0248. The van der Waals surface area contributed by atoms with Crippen molar-refractivity contribution in [2.75, 3.05) is 19.7 Å². The number of esters is 1. The zero-order chi connectivity index (χ0) is 20.6. The van der Waals surface area contributed by atoms with Crippen molar-refractivity contribution >= 4 is 21.9 Å². The lowest BCUT2D eigenvalue weighted by Gasteiger charge is -2.09. The average Bonchev–Trinajstić information content (AvgIpc) is 2.66. The Hall–Kier alpha value is -2.78. The van der Waals surface area contributed by atoms with E-state index in [-0.39, 0.29) is 17.3 Å². The van der Waals surface area contributed by atoms with E-state index in [0.717, 1.165) is 5.56 Å². The predicted molar refractivity (Wildman–Crippen MR) is 100 cm³/mol. The standard InChI is InChI=1S/C19H21FN2O5S/c1-14-6-8-16(9-7-14)28(25,26)22-12-19(24)27-13-18(23)21-11-10-15-4-2-3-5-17(15)20/h2-9,22H,10-13H2,1H3,(H,21,23). The highest BCUT2D eigenvalue weighted by Crippen LogP contribution is 2.09. The topological polar surface area (TPSA) is 102 Å². The summed E-state index contributed by atoms with van der Waals surface area (Å²) in [6, 6.07) is 12.3. The van der Waals surface area contributed by atoms with Crippen LogP contribution in [0.1, 0.15) is 11.1 Å². The lowest BCUT2D eigenvalue weighted by Crippen LogP contribution is -2.34. The number of ether oxygens (including phenoxy) is 1. The molecule has 0 fully saturated rings. The average molecular weight is 408 g/mol. The fraction of sp³-hybridized carbons (Fsp3) is 0.263. The monoisotopic (exact) mass is 408 g/mol. The first kappa shape index (κ1) is 21.5. The molecule has 0 aromatic heterocycles. The Morgan fingerprint density at radius 3 is 2.43 bits per heavy atom. The van der Waals surface area contributed by atoms with Gasteiger partial charge in [-0.3, -0.25) is 9.59 Å². The van der Waals surface area contributed by atoms with Gasteiger partial charge < -0.3 is 10.1 Å². The van der Waals surface area contributed by atoms with Crippen LogP contribution in [0.3, 0.4) is 0 Å². The van der Waals surface area contributed by atoms with Gasteiger partial charge in [-0.25, -0.2) is 12.8 Å². The molecule has 0 unspecified atom stereocenters. The second-order valence-corrected chi connectivity index (χ2v) is 7.76. The number of amides is 1. The Kier molecular flexibility index (Phi) is 7.65. The molecule has 150 valence electrons. The van der Waals surface area contributed by atoms with Gasteiger partial charge in [-0.15, -0.1) is 0 Å². The van der Waals surface area contributed by atoms with Crippen molar-refractivity contribution in [1.29, 1.82) is 0 Å². The molecular weight excluding hydrogens is 387 g/mol. The van der Waals surface area contributed by atoms with Crippen LogP contribution in [0.15, 0.2) is 53.4 Å². The molecule has 0 radical (unpaired) electrons. The fourth-order valence-corrected chi connectivity index (χ4v) is 3.21. The summed E-state index contributed by atoms with van der Waals surface area (Å²) in [5.41, 5.74) is 1.37. The SMILES string of the molecule is Cc1ccc(S(=O)(=O)NCC(=O)OCC(=O)NCCc2ccccc2F)cc1. The van der Waals surface area contributed by atoms with E-state index in [0.29, 0.717) is 12.0 Å². The summed E-state index contributed by atoms with van der Waals surface area (Å²) < 4.78 is 44.4. The van der Waals surface area contributed by atoms with Crippen LogP contribution >= 0.6 is 0 Å². The Bertz CT molecular complexity index is 930. The zero-order valence-electron chi connectivity index (χ0n) is 15.3. The van der Waals surface area contributed by atoms with Crippen LogP contribution in [-0.4, -0.2) is 40.0 Å². The summed E-state index contributed by atoms with van der Waals surface area (Å²) in [7, 11) is -3.85. The molecule has 0 aliphatic heterocycles. The molecule has 9 heteroatoms. The van der Waals surface area contributed by atoms with Crippen molar-refractivity contribution in [2.45, 2.75) is 18.2 Å². The van der Waals surface area contributed by atoms with Crippen molar-refractivity contribution in [2.24, 2.45) is 0 Å². The Morgan fingerprint density at radius 2 is 1.75 bits per heavy atom. The Labute approximate surface area is 163 Å². The first-order valence-corrected chi connectivity index (χ1v) is 9.98.